The molecule has 0 aliphatic heterocycles. The number of benzene rings is 2. The lowest BCUT2D eigenvalue weighted by Crippen LogP contribution is -2.47. The molecule has 2 heterocycles. The van der Waals surface area contributed by atoms with Gasteiger partial charge in [-0.2, -0.15) is 5.10 Å². The van der Waals surface area contributed by atoms with Crippen LogP contribution in [0.25, 0.3) is 22.5 Å². The Morgan fingerprint density at radius 3 is 2.61 bits per heavy atom. The van der Waals surface area contributed by atoms with Crippen molar-refractivity contribution in [1.29, 1.82) is 0 Å². The number of aromatic nitrogens is 4. The Bertz CT molecular complexity index is 1400. The van der Waals surface area contributed by atoms with Crippen molar-refractivity contribution in [3.05, 3.63) is 76.2 Å². The minimum Gasteiger partial charge on any atom is -0.768 e. The quantitative estimate of drug-likeness (QED) is 0.256. The van der Waals surface area contributed by atoms with Crippen LogP contribution >= 0.6 is 11.6 Å². The molecule has 0 bridgehead atoms. The fourth-order valence-corrected chi connectivity index (χ4v) is 4.76. The van der Waals surface area contributed by atoms with Crippen LogP contribution in [0, 0.1) is 13.8 Å². The lowest BCUT2D eigenvalue weighted by atomic mass is 9.98. The van der Waals surface area contributed by atoms with Crippen molar-refractivity contribution in [1.82, 2.24) is 14.8 Å². The molecule has 33 heavy (non-hydrogen) atoms. The first-order valence-electron chi connectivity index (χ1n) is 10.1. The molecule has 2 aromatic carbocycles. The summed E-state index contributed by atoms with van der Waals surface area (Å²) in [7, 11) is 1.81. The van der Waals surface area contributed by atoms with Crippen molar-refractivity contribution < 1.29 is 13.4 Å². The normalized spacial score (nSPS) is 12.2. The van der Waals surface area contributed by atoms with Crippen molar-refractivity contribution in [3.63, 3.8) is 0 Å². The summed E-state index contributed by atoms with van der Waals surface area (Å²) in [4.78, 5) is 5.02. The van der Waals surface area contributed by atoms with Gasteiger partial charge in [-0.1, -0.05) is 35.4 Å². The molecular weight excluding hydrogens is 460 g/mol. The van der Waals surface area contributed by atoms with Gasteiger partial charge < -0.3 is 4.55 Å². The summed E-state index contributed by atoms with van der Waals surface area (Å²) >= 11 is 4.14. The van der Waals surface area contributed by atoms with E-state index in [1.54, 1.807) is 36.3 Å². The Hall–Kier alpha value is -3.27. The Balaban J connectivity index is 1.80. The maximum atomic E-state index is 11.9. The molecule has 0 fully saturated rings. The lowest BCUT2D eigenvalue weighted by molar-refractivity contribution is -0.623. The highest BCUT2D eigenvalue weighted by Crippen LogP contribution is 2.30. The van der Waals surface area contributed by atoms with Crippen molar-refractivity contribution in [2.75, 3.05) is 11.6 Å². The van der Waals surface area contributed by atoms with Gasteiger partial charge in [-0.25, -0.2) is 4.98 Å². The van der Waals surface area contributed by atoms with Crippen molar-refractivity contribution in [2.24, 2.45) is 7.05 Å². The molecule has 0 aliphatic carbocycles. The molecule has 2 aromatic heterocycles. The molecule has 0 saturated heterocycles. The average molecular weight is 483 g/mol. The SMILES string of the molecule is Cc1cc(C)c(S(=O)[O-])c(Cc2cc(-c3c[n+](N)c(N)c(-c4cnn(C)c4)n3)ccc2Cl)c1. The van der Waals surface area contributed by atoms with Gasteiger partial charge in [0.1, 0.15) is 11.9 Å². The highest BCUT2D eigenvalue weighted by atomic mass is 35.5. The molecule has 0 saturated carbocycles. The monoisotopic (exact) mass is 482 g/mol. The summed E-state index contributed by atoms with van der Waals surface area (Å²) in [5.74, 6) is 6.42. The van der Waals surface area contributed by atoms with Gasteiger partial charge in [0.15, 0.2) is 5.69 Å². The standard InChI is InChI=1S/C23H23ClN6O2S/c1-13-6-14(2)22(33(31)32)17(7-13)9-16-8-15(4-5-19(16)24)20-12-30(26)23(25)21(28-20)18-10-27-29(3)11-18/h4-8,10-12,25H,9,26H2,1-3H3,(H,31,32). The largest absolute Gasteiger partial charge is 0.768 e. The fourth-order valence-electron chi connectivity index (χ4n) is 3.91. The Kier molecular flexibility index (Phi) is 6.20. The Morgan fingerprint density at radius 1 is 1.18 bits per heavy atom. The van der Waals surface area contributed by atoms with Gasteiger partial charge in [0, 0.05) is 40.7 Å². The molecule has 4 N–H and O–H groups in total. The highest BCUT2D eigenvalue weighted by molar-refractivity contribution is 7.79. The van der Waals surface area contributed by atoms with E-state index in [0.717, 1.165) is 22.3 Å². The third kappa shape index (κ3) is 4.61. The zero-order chi connectivity index (χ0) is 23.9. The molecule has 0 radical (unpaired) electrons. The summed E-state index contributed by atoms with van der Waals surface area (Å²) in [6, 6.07) is 9.22. The zero-order valence-electron chi connectivity index (χ0n) is 18.4. The van der Waals surface area contributed by atoms with E-state index in [9.17, 15) is 8.76 Å². The van der Waals surface area contributed by atoms with Crippen LogP contribution in [0.5, 0.6) is 0 Å². The number of aryl methyl sites for hydroxylation is 3. The third-order valence-electron chi connectivity index (χ3n) is 5.38. The van der Waals surface area contributed by atoms with Crippen molar-refractivity contribution in [2.45, 2.75) is 25.2 Å². The average Bonchev–Trinajstić information content (AvgIpc) is 3.16. The lowest BCUT2D eigenvalue weighted by Gasteiger charge is -2.17. The van der Waals surface area contributed by atoms with E-state index in [-0.39, 0.29) is 0 Å². The Labute approximate surface area is 199 Å². The zero-order valence-corrected chi connectivity index (χ0v) is 19.9. The van der Waals surface area contributed by atoms with Crippen molar-refractivity contribution in [3.8, 4) is 22.5 Å². The van der Waals surface area contributed by atoms with E-state index < -0.39 is 11.1 Å². The molecule has 170 valence electrons. The summed E-state index contributed by atoms with van der Waals surface area (Å²) in [5, 5.41) is 4.71. The fraction of sp³-hybridized carbons (Fsp3) is 0.174. The second-order valence-electron chi connectivity index (χ2n) is 7.96. The third-order valence-corrected chi connectivity index (χ3v) is 6.66. The summed E-state index contributed by atoms with van der Waals surface area (Å²) in [6.45, 7) is 3.72. The molecule has 4 rings (SSSR count). The van der Waals surface area contributed by atoms with Gasteiger partial charge in [-0.05, 0) is 53.8 Å². The molecule has 10 heteroatoms. The van der Waals surface area contributed by atoms with Crippen LogP contribution in [0.1, 0.15) is 22.3 Å². The van der Waals surface area contributed by atoms with Crippen LogP contribution in [-0.4, -0.2) is 23.5 Å². The molecule has 0 aliphatic rings. The molecular formula is C23H23ClN6O2S. The maximum absolute atomic E-state index is 11.9. The smallest absolute Gasteiger partial charge is 0.322 e. The van der Waals surface area contributed by atoms with E-state index in [2.05, 4.69) is 5.10 Å². The molecule has 0 amide bonds. The molecule has 1 unspecified atom stereocenters. The first-order valence-corrected chi connectivity index (χ1v) is 11.5. The van der Waals surface area contributed by atoms with Gasteiger partial charge in [-0.3, -0.25) is 20.5 Å². The van der Waals surface area contributed by atoms with Gasteiger partial charge in [0.25, 0.3) is 0 Å². The topological polar surface area (TPSA) is 127 Å². The summed E-state index contributed by atoms with van der Waals surface area (Å²) < 4.78 is 26.7. The minimum absolute atomic E-state index is 0.298. The number of hydrogen-bond donors (Lipinski definition) is 2. The van der Waals surface area contributed by atoms with E-state index >= 15 is 0 Å². The first kappa shape index (κ1) is 22.9. The minimum atomic E-state index is -2.36. The van der Waals surface area contributed by atoms with Gasteiger partial charge in [-0.15, -0.1) is 4.68 Å². The molecule has 0 spiro atoms. The van der Waals surface area contributed by atoms with Crippen LogP contribution in [0.15, 0.2) is 53.8 Å². The predicted molar refractivity (Wildman–Crippen MR) is 128 cm³/mol. The van der Waals surface area contributed by atoms with E-state index in [4.69, 9.17) is 28.2 Å². The second-order valence-corrected chi connectivity index (χ2v) is 9.24. The maximum Gasteiger partial charge on any atom is 0.322 e. The van der Waals surface area contributed by atoms with Crippen LogP contribution in [-0.2, 0) is 24.5 Å². The van der Waals surface area contributed by atoms with Crippen LogP contribution in [0.2, 0.25) is 5.02 Å². The number of nitrogens with zero attached hydrogens (tertiary/aromatic N) is 4. The predicted octanol–water partition coefficient (Wildman–Crippen LogP) is 2.83. The molecule has 8 nitrogen and oxygen atoms in total. The summed E-state index contributed by atoms with van der Waals surface area (Å²) in [6.07, 6.45) is 5.46. The number of nitrogens with two attached hydrogens (primary N) is 2. The number of rotatable bonds is 5. The van der Waals surface area contributed by atoms with Gasteiger partial charge >= 0.3 is 5.82 Å². The number of hydrogen-bond acceptors (Lipinski definition) is 6. The van der Waals surface area contributed by atoms with Crippen LogP contribution < -0.4 is 16.3 Å². The Morgan fingerprint density at radius 2 is 1.94 bits per heavy atom. The molecule has 4 aromatic rings. The summed E-state index contributed by atoms with van der Waals surface area (Å²) in [5.41, 5.74) is 11.9. The highest BCUT2D eigenvalue weighted by Gasteiger charge is 2.19. The van der Waals surface area contributed by atoms with Crippen LogP contribution in [0.3, 0.4) is 0 Å². The van der Waals surface area contributed by atoms with Crippen molar-refractivity contribution >= 4 is 28.5 Å². The van der Waals surface area contributed by atoms with Gasteiger partial charge in [0.05, 0.1) is 6.20 Å². The van der Waals surface area contributed by atoms with E-state index in [1.165, 1.54) is 4.68 Å². The van der Waals surface area contributed by atoms with E-state index in [1.807, 2.05) is 38.2 Å². The number of halogens is 1. The van der Waals surface area contributed by atoms with E-state index in [0.29, 0.717) is 44.7 Å². The number of nitrogen functional groups attached to an aromatic ring is 2. The second kappa shape index (κ2) is 8.93. The number of anilines is 1. The first-order chi connectivity index (χ1) is 15.6. The molecule has 1 atom stereocenters. The van der Waals surface area contributed by atoms with Gasteiger partial charge in [0.2, 0.25) is 0 Å². The van der Waals surface area contributed by atoms with Crippen LogP contribution in [0.4, 0.5) is 5.82 Å².